The first-order valence-electron chi connectivity index (χ1n) is 10.9. The molecule has 0 radical (unpaired) electrons. The Morgan fingerprint density at radius 1 is 0.679 bits per heavy atom. The molecule has 2 nitrogen and oxygen atoms in total. The highest BCUT2D eigenvalue weighted by atomic mass is 19.4. The summed E-state index contributed by atoms with van der Waals surface area (Å²) in [6, 6.07) is 7.52. The van der Waals surface area contributed by atoms with E-state index < -0.39 is 12.6 Å². The Morgan fingerprint density at radius 3 is 1.54 bits per heavy atom. The van der Waals surface area contributed by atoms with E-state index in [1.807, 2.05) is 24.3 Å². The van der Waals surface area contributed by atoms with Gasteiger partial charge in [-0.3, -0.25) is 4.79 Å². The van der Waals surface area contributed by atoms with Gasteiger partial charge in [-0.25, -0.2) is 0 Å². The zero-order valence-corrected chi connectivity index (χ0v) is 17.0. The van der Waals surface area contributed by atoms with Crippen LogP contribution < -0.4 is 5.32 Å². The van der Waals surface area contributed by atoms with Gasteiger partial charge in [-0.05, 0) is 37.1 Å². The van der Waals surface area contributed by atoms with E-state index in [4.69, 9.17) is 0 Å². The highest BCUT2D eigenvalue weighted by Crippen LogP contribution is 2.23. The maximum atomic E-state index is 12.0. The highest BCUT2D eigenvalue weighted by molar-refractivity contribution is 5.75. The molecule has 0 amide bonds. The summed E-state index contributed by atoms with van der Waals surface area (Å²) >= 11 is 0. The molecule has 160 valence electrons. The summed E-state index contributed by atoms with van der Waals surface area (Å²) in [7, 11) is 0. The van der Waals surface area contributed by atoms with Gasteiger partial charge >= 0.3 is 6.18 Å². The second kappa shape index (κ2) is 15.4. The zero-order chi connectivity index (χ0) is 20.5. The molecule has 0 heterocycles. The molecule has 0 aliphatic rings. The van der Waals surface area contributed by atoms with Crippen molar-refractivity contribution in [3.63, 3.8) is 0 Å². The number of nitrogens with one attached hydrogen (secondary N) is 1. The molecule has 0 atom stereocenters. The molecule has 28 heavy (non-hydrogen) atoms. The minimum atomic E-state index is -3.99. The predicted molar refractivity (Wildman–Crippen MR) is 111 cm³/mol. The molecule has 0 aliphatic heterocycles. The van der Waals surface area contributed by atoms with Gasteiger partial charge in [-0.1, -0.05) is 70.6 Å². The Morgan fingerprint density at radius 2 is 1.11 bits per heavy atom. The number of carbonyl (C=O) groups is 1. The summed E-state index contributed by atoms with van der Waals surface area (Å²) < 4.78 is 36.0. The molecule has 0 bridgehead atoms. The second-order valence-electron chi connectivity index (χ2n) is 7.63. The zero-order valence-electron chi connectivity index (χ0n) is 17.0. The second-order valence-corrected chi connectivity index (χ2v) is 7.63. The van der Waals surface area contributed by atoms with Crippen molar-refractivity contribution in [2.45, 2.75) is 96.1 Å². The first kappa shape index (κ1) is 24.5. The number of carbonyl (C=O) groups excluding carboxylic acids is 1. The van der Waals surface area contributed by atoms with Crippen molar-refractivity contribution in [1.29, 1.82) is 0 Å². The van der Waals surface area contributed by atoms with E-state index in [0.717, 1.165) is 44.2 Å². The van der Waals surface area contributed by atoms with Crippen LogP contribution in [-0.2, 0) is 0 Å². The Labute approximate surface area is 168 Å². The van der Waals surface area contributed by atoms with Gasteiger partial charge in [0.1, 0.15) is 6.29 Å². The van der Waals surface area contributed by atoms with Crippen LogP contribution in [-0.4, -0.2) is 19.0 Å². The Balaban J connectivity index is 1.77. The monoisotopic (exact) mass is 399 g/mol. The third-order valence-electron chi connectivity index (χ3n) is 5.01. The first-order valence-corrected chi connectivity index (χ1v) is 10.9. The molecule has 1 aromatic carbocycles. The van der Waals surface area contributed by atoms with Crippen molar-refractivity contribution in [2.24, 2.45) is 0 Å². The van der Waals surface area contributed by atoms with Gasteiger partial charge < -0.3 is 5.32 Å². The van der Waals surface area contributed by atoms with Crippen molar-refractivity contribution in [3.8, 4) is 0 Å². The number of aldehydes is 1. The molecule has 0 spiro atoms. The van der Waals surface area contributed by atoms with E-state index in [9.17, 15) is 18.0 Å². The quantitative estimate of drug-likeness (QED) is 0.213. The van der Waals surface area contributed by atoms with Crippen LogP contribution in [0.25, 0.3) is 0 Å². The summed E-state index contributed by atoms with van der Waals surface area (Å²) in [4.78, 5) is 10.6. The molecule has 0 saturated heterocycles. The Bertz CT molecular complexity index is 500. The lowest BCUT2D eigenvalue weighted by Crippen LogP contribution is -2.06. The average molecular weight is 400 g/mol. The number of hydrogen-bond acceptors (Lipinski definition) is 2. The third-order valence-corrected chi connectivity index (χ3v) is 5.01. The maximum Gasteiger partial charge on any atom is 0.389 e. The van der Waals surface area contributed by atoms with Crippen molar-refractivity contribution < 1.29 is 18.0 Å². The van der Waals surface area contributed by atoms with Crippen LogP contribution in [0.1, 0.15) is 100 Å². The lowest BCUT2D eigenvalue weighted by Gasteiger charge is -2.07. The topological polar surface area (TPSA) is 29.1 Å². The van der Waals surface area contributed by atoms with Crippen molar-refractivity contribution >= 4 is 12.0 Å². The molecule has 0 fully saturated rings. The van der Waals surface area contributed by atoms with Gasteiger partial charge in [-0.2, -0.15) is 13.2 Å². The van der Waals surface area contributed by atoms with Crippen LogP contribution in [0.2, 0.25) is 0 Å². The fourth-order valence-corrected chi connectivity index (χ4v) is 3.31. The fourth-order valence-electron chi connectivity index (χ4n) is 3.31. The molecule has 5 heteroatoms. The number of hydrogen-bond donors (Lipinski definition) is 1. The maximum absolute atomic E-state index is 12.0. The SMILES string of the molecule is O=Cc1ccc(NCCCCCCCCCCCCCCCC(F)(F)F)cc1. The first-order chi connectivity index (χ1) is 13.5. The summed E-state index contributed by atoms with van der Waals surface area (Å²) in [6.45, 7) is 0.962. The molecular formula is C23H36F3NO. The summed E-state index contributed by atoms with van der Waals surface area (Å²) in [6.07, 6.45) is 10.4. The van der Waals surface area contributed by atoms with Crippen LogP contribution in [0, 0.1) is 0 Å². The molecule has 1 N–H and O–H groups in total. The minimum Gasteiger partial charge on any atom is -0.385 e. The lowest BCUT2D eigenvalue weighted by atomic mass is 10.0. The van der Waals surface area contributed by atoms with Crippen LogP contribution in [0.5, 0.6) is 0 Å². The summed E-state index contributed by atoms with van der Waals surface area (Å²) in [5.41, 5.74) is 1.76. The highest BCUT2D eigenvalue weighted by Gasteiger charge is 2.25. The van der Waals surface area contributed by atoms with E-state index in [0.29, 0.717) is 12.0 Å². The number of halogens is 3. The average Bonchev–Trinajstić information content (AvgIpc) is 2.67. The largest absolute Gasteiger partial charge is 0.389 e. The number of benzene rings is 1. The van der Waals surface area contributed by atoms with Crippen molar-refractivity contribution in [2.75, 3.05) is 11.9 Å². The molecule has 0 aromatic heterocycles. The van der Waals surface area contributed by atoms with Crippen LogP contribution in [0.4, 0.5) is 18.9 Å². The van der Waals surface area contributed by atoms with E-state index in [1.165, 1.54) is 44.9 Å². The van der Waals surface area contributed by atoms with Gasteiger partial charge in [0, 0.05) is 24.2 Å². The fraction of sp³-hybridized carbons (Fsp3) is 0.696. The van der Waals surface area contributed by atoms with E-state index in [1.54, 1.807) is 0 Å². The van der Waals surface area contributed by atoms with Crippen molar-refractivity contribution in [1.82, 2.24) is 0 Å². The molecule has 1 rings (SSSR count). The van der Waals surface area contributed by atoms with Gasteiger partial charge in [0.15, 0.2) is 0 Å². The van der Waals surface area contributed by atoms with Gasteiger partial charge in [0.05, 0.1) is 0 Å². The normalized spacial score (nSPS) is 11.5. The number of anilines is 1. The van der Waals surface area contributed by atoms with E-state index in [-0.39, 0.29) is 6.42 Å². The number of rotatable bonds is 17. The van der Waals surface area contributed by atoms with Crippen LogP contribution in [0.15, 0.2) is 24.3 Å². The van der Waals surface area contributed by atoms with E-state index >= 15 is 0 Å². The van der Waals surface area contributed by atoms with Gasteiger partial charge in [0.25, 0.3) is 0 Å². The molecule has 0 saturated carbocycles. The van der Waals surface area contributed by atoms with E-state index in [2.05, 4.69) is 5.32 Å². The molecule has 0 aliphatic carbocycles. The van der Waals surface area contributed by atoms with Crippen molar-refractivity contribution in [3.05, 3.63) is 29.8 Å². The van der Waals surface area contributed by atoms with Gasteiger partial charge in [0.2, 0.25) is 0 Å². The number of alkyl halides is 3. The molecule has 0 unspecified atom stereocenters. The third kappa shape index (κ3) is 14.5. The van der Waals surface area contributed by atoms with Gasteiger partial charge in [-0.15, -0.1) is 0 Å². The smallest absolute Gasteiger partial charge is 0.385 e. The molecular weight excluding hydrogens is 363 g/mol. The Kier molecular flexibility index (Phi) is 13.5. The number of unbranched alkanes of at least 4 members (excludes halogenated alkanes) is 12. The summed E-state index contributed by atoms with van der Waals surface area (Å²) in [5.74, 6) is 0. The molecule has 1 aromatic rings. The Hall–Kier alpha value is -1.52. The minimum absolute atomic E-state index is 0.283. The predicted octanol–water partition coefficient (Wildman–Crippen LogP) is 7.93. The standard InChI is InChI=1S/C23H36F3NO/c24-23(25,26)18-12-10-8-6-4-2-1-3-5-7-9-11-13-19-27-22-16-14-21(20-28)15-17-22/h14-17,20,27H,1-13,18-19H2. The lowest BCUT2D eigenvalue weighted by molar-refractivity contribution is -0.135. The van der Waals surface area contributed by atoms with Crippen LogP contribution >= 0.6 is 0 Å². The summed E-state index contributed by atoms with van der Waals surface area (Å²) in [5, 5.41) is 3.38. The van der Waals surface area contributed by atoms with Crippen LogP contribution in [0.3, 0.4) is 0 Å².